The lowest BCUT2D eigenvalue weighted by atomic mass is 10.2. The van der Waals surface area contributed by atoms with Gasteiger partial charge in [0.25, 0.3) is 0 Å². The molecule has 4 heteroatoms. The lowest BCUT2D eigenvalue weighted by molar-refractivity contribution is 0.110. The molecule has 0 radical (unpaired) electrons. The summed E-state index contributed by atoms with van der Waals surface area (Å²) in [6.45, 7) is 7.63. The van der Waals surface area contributed by atoms with Gasteiger partial charge in [0.1, 0.15) is 18.1 Å². The normalized spacial score (nSPS) is 10.6. The highest BCUT2D eigenvalue weighted by Gasteiger charge is 2.03. The van der Waals surface area contributed by atoms with Crippen molar-refractivity contribution in [2.45, 2.75) is 46.1 Å². The van der Waals surface area contributed by atoms with Crippen molar-refractivity contribution in [2.75, 3.05) is 31.7 Å². The van der Waals surface area contributed by atoms with Crippen LogP contribution in [0.25, 0.3) is 0 Å². The molecule has 2 rings (SSSR count). The van der Waals surface area contributed by atoms with E-state index in [1.165, 1.54) is 24.8 Å². The minimum atomic E-state index is 0.573. The summed E-state index contributed by atoms with van der Waals surface area (Å²) in [4.78, 5) is 0. The summed E-state index contributed by atoms with van der Waals surface area (Å²) in [6, 6.07) is 16.3. The predicted molar refractivity (Wildman–Crippen MR) is 112 cm³/mol. The SMILES string of the molecule is CCCCCCOc1ccccc1CNc1ccc(OCCOCC)cc1. The molecule has 2 aromatic rings. The fourth-order valence-electron chi connectivity index (χ4n) is 2.73. The number of rotatable bonds is 14. The van der Waals surface area contributed by atoms with E-state index in [0.717, 1.165) is 43.4 Å². The van der Waals surface area contributed by atoms with Gasteiger partial charge in [-0.1, -0.05) is 44.4 Å². The van der Waals surface area contributed by atoms with Crippen LogP contribution >= 0.6 is 0 Å². The van der Waals surface area contributed by atoms with Crippen LogP contribution in [0, 0.1) is 0 Å². The van der Waals surface area contributed by atoms with Crippen molar-refractivity contribution in [2.24, 2.45) is 0 Å². The van der Waals surface area contributed by atoms with E-state index in [1.54, 1.807) is 0 Å². The van der Waals surface area contributed by atoms with Crippen LogP contribution in [0.5, 0.6) is 11.5 Å². The maximum Gasteiger partial charge on any atom is 0.124 e. The zero-order valence-electron chi connectivity index (χ0n) is 16.7. The number of hydrogen-bond donors (Lipinski definition) is 1. The highest BCUT2D eigenvalue weighted by molar-refractivity contribution is 5.47. The van der Waals surface area contributed by atoms with E-state index in [0.29, 0.717) is 13.2 Å². The summed E-state index contributed by atoms with van der Waals surface area (Å²) in [7, 11) is 0. The van der Waals surface area contributed by atoms with Crippen molar-refractivity contribution in [1.29, 1.82) is 0 Å². The van der Waals surface area contributed by atoms with E-state index in [4.69, 9.17) is 14.2 Å². The number of ether oxygens (including phenoxy) is 3. The van der Waals surface area contributed by atoms with E-state index in [-0.39, 0.29) is 0 Å². The van der Waals surface area contributed by atoms with E-state index < -0.39 is 0 Å². The lowest BCUT2D eigenvalue weighted by Crippen LogP contribution is -2.06. The van der Waals surface area contributed by atoms with E-state index in [9.17, 15) is 0 Å². The summed E-state index contributed by atoms with van der Waals surface area (Å²) in [5.74, 6) is 1.83. The Kier molecular flexibility index (Phi) is 10.2. The Bertz CT molecular complexity index is 628. The quantitative estimate of drug-likeness (QED) is 0.434. The summed E-state index contributed by atoms with van der Waals surface area (Å²) < 4.78 is 16.9. The topological polar surface area (TPSA) is 39.7 Å². The Balaban J connectivity index is 1.78. The molecule has 27 heavy (non-hydrogen) atoms. The molecule has 0 atom stereocenters. The van der Waals surface area contributed by atoms with Crippen LogP contribution in [-0.2, 0) is 11.3 Å². The van der Waals surface area contributed by atoms with Crippen molar-refractivity contribution >= 4 is 5.69 Å². The summed E-state index contributed by atoms with van der Waals surface area (Å²) in [5.41, 5.74) is 2.23. The predicted octanol–water partition coefficient (Wildman–Crippen LogP) is 5.67. The number of anilines is 1. The molecule has 0 heterocycles. The third-order valence-electron chi connectivity index (χ3n) is 4.27. The van der Waals surface area contributed by atoms with Crippen LogP contribution in [0.2, 0.25) is 0 Å². The van der Waals surface area contributed by atoms with Crippen LogP contribution in [0.4, 0.5) is 5.69 Å². The highest BCUT2D eigenvalue weighted by atomic mass is 16.5. The largest absolute Gasteiger partial charge is 0.493 e. The number of nitrogens with one attached hydrogen (secondary N) is 1. The summed E-state index contributed by atoms with van der Waals surface area (Å²) in [5, 5.41) is 3.46. The van der Waals surface area contributed by atoms with Gasteiger partial charge in [-0.3, -0.25) is 0 Å². The lowest BCUT2D eigenvalue weighted by Gasteiger charge is -2.13. The Labute approximate surface area is 163 Å². The van der Waals surface area contributed by atoms with Gasteiger partial charge in [-0.15, -0.1) is 0 Å². The van der Waals surface area contributed by atoms with Crippen LogP contribution in [-0.4, -0.2) is 26.4 Å². The smallest absolute Gasteiger partial charge is 0.124 e. The van der Waals surface area contributed by atoms with Gasteiger partial charge in [-0.2, -0.15) is 0 Å². The van der Waals surface area contributed by atoms with Gasteiger partial charge in [0.15, 0.2) is 0 Å². The van der Waals surface area contributed by atoms with Crippen molar-refractivity contribution in [3.05, 3.63) is 54.1 Å². The zero-order valence-corrected chi connectivity index (χ0v) is 16.7. The van der Waals surface area contributed by atoms with Crippen LogP contribution in [0.15, 0.2) is 48.5 Å². The third-order valence-corrected chi connectivity index (χ3v) is 4.27. The van der Waals surface area contributed by atoms with Crippen molar-refractivity contribution in [3.63, 3.8) is 0 Å². The zero-order chi connectivity index (χ0) is 19.2. The first-order valence-electron chi connectivity index (χ1n) is 10.1. The Morgan fingerprint density at radius 1 is 0.778 bits per heavy atom. The fourth-order valence-corrected chi connectivity index (χ4v) is 2.73. The minimum absolute atomic E-state index is 0.573. The maximum absolute atomic E-state index is 5.98. The number of hydrogen-bond acceptors (Lipinski definition) is 4. The molecule has 1 N–H and O–H groups in total. The third kappa shape index (κ3) is 8.35. The highest BCUT2D eigenvalue weighted by Crippen LogP contribution is 2.21. The number of unbranched alkanes of at least 4 members (excludes halogenated alkanes) is 3. The molecule has 0 aromatic heterocycles. The number of benzene rings is 2. The second-order valence-corrected chi connectivity index (χ2v) is 6.44. The van der Waals surface area contributed by atoms with Gasteiger partial charge in [0.2, 0.25) is 0 Å². The van der Waals surface area contributed by atoms with Crippen molar-refractivity contribution < 1.29 is 14.2 Å². The van der Waals surface area contributed by atoms with E-state index >= 15 is 0 Å². The van der Waals surface area contributed by atoms with Gasteiger partial charge >= 0.3 is 0 Å². The standard InChI is InChI=1S/C23H33NO3/c1-3-5-6-9-16-27-23-11-8-7-10-20(23)19-24-21-12-14-22(15-13-21)26-18-17-25-4-2/h7-8,10-15,24H,3-6,9,16-19H2,1-2H3. The summed E-state index contributed by atoms with van der Waals surface area (Å²) in [6.07, 6.45) is 4.87. The van der Waals surface area contributed by atoms with E-state index in [1.807, 2.05) is 43.3 Å². The molecule has 0 amide bonds. The van der Waals surface area contributed by atoms with Gasteiger partial charge in [0, 0.05) is 24.4 Å². The average molecular weight is 372 g/mol. The molecule has 2 aromatic carbocycles. The van der Waals surface area contributed by atoms with Crippen LogP contribution < -0.4 is 14.8 Å². The fraction of sp³-hybridized carbons (Fsp3) is 0.478. The molecule has 0 unspecified atom stereocenters. The van der Waals surface area contributed by atoms with Gasteiger partial charge in [0.05, 0.1) is 13.2 Å². The molecular formula is C23H33NO3. The Morgan fingerprint density at radius 2 is 1.59 bits per heavy atom. The van der Waals surface area contributed by atoms with Gasteiger partial charge < -0.3 is 19.5 Å². The molecule has 0 aliphatic heterocycles. The molecular weight excluding hydrogens is 338 g/mol. The first-order valence-corrected chi connectivity index (χ1v) is 10.1. The Morgan fingerprint density at radius 3 is 2.37 bits per heavy atom. The molecule has 4 nitrogen and oxygen atoms in total. The molecule has 0 saturated carbocycles. The first kappa shape index (κ1) is 21.1. The first-order chi connectivity index (χ1) is 13.3. The maximum atomic E-state index is 5.98. The molecule has 0 fully saturated rings. The monoisotopic (exact) mass is 371 g/mol. The second-order valence-electron chi connectivity index (χ2n) is 6.44. The Hall–Kier alpha value is -2.20. The molecule has 0 aliphatic carbocycles. The second kappa shape index (κ2) is 13.0. The minimum Gasteiger partial charge on any atom is -0.493 e. The van der Waals surface area contributed by atoms with Crippen LogP contribution in [0.3, 0.4) is 0 Å². The summed E-state index contributed by atoms with van der Waals surface area (Å²) >= 11 is 0. The average Bonchev–Trinajstić information content (AvgIpc) is 2.71. The molecule has 0 spiro atoms. The molecule has 0 aliphatic rings. The van der Waals surface area contributed by atoms with Gasteiger partial charge in [-0.05, 0) is 43.7 Å². The molecule has 0 bridgehead atoms. The van der Waals surface area contributed by atoms with Crippen LogP contribution in [0.1, 0.15) is 45.1 Å². The van der Waals surface area contributed by atoms with Crippen molar-refractivity contribution in [1.82, 2.24) is 0 Å². The molecule has 0 saturated heterocycles. The molecule has 148 valence electrons. The van der Waals surface area contributed by atoms with E-state index in [2.05, 4.69) is 24.4 Å². The number of para-hydroxylation sites is 1. The van der Waals surface area contributed by atoms with Crippen molar-refractivity contribution in [3.8, 4) is 11.5 Å². The van der Waals surface area contributed by atoms with Gasteiger partial charge in [-0.25, -0.2) is 0 Å².